The molecule has 43 heavy (non-hydrogen) atoms. The van der Waals surface area contributed by atoms with Crippen molar-refractivity contribution in [3.63, 3.8) is 0 Å². The van der Waals surface area contributed by atoms with Crippen molar-refractivity contribution >= 4 is 41.1 Å². The summed E-state index contributed by atoms with van der Waals surface area (Å²) >= 11 is 5.70. The molecule has 0 fully saturated rings. The van der Waals surface area contributed by atoms with Crippen molar-refractivity contribution < 1.29 is 60.5 Å². The highest BCUT2D eigenvalue weighted by atomic mass is 35.5. The molecule has 8 N–H and O–H groups in total. The third-order valence-electron chi connectivity index (χ3n) is 5.21. The van der Waals surface area contributed by atoms with Gasteiger partial charge in [0.25, 0.3) is 0 Å². The van der Waals surface area contributed by atoms with Crippen LogP contribution in [-0.4, -0.2) is 82.7 Å². The number of carboxylic acid groups (broad SMARTS) is 2. The zero-order chi connectivity index (χ0) is 34.0. The fraction of sp³-hybridized carbons (Fsp3) is 0.560. The molecule has 0 aliphatic rings. The van der Waals surface area contributed by atoms with Crippen molar-refractivity contribution in [1.29, 1.82) is 0 Å². The van der Waals surface area contributed by atoms with E-state index in [2.05, 4.69) is 10.6 Å². The first-order valence-corrected chi connectivity index (χ1v) is 13.0. The largest absolute Gasteiger partial charge is 0.490 e. The Hall–Kier alpha value is -3.44. The Morgan fingerprint density at radius 1 is 0.837 bits per heavy atom. The number of carbonyl (C=O) groups excluding carboxylic acids is 3. The standard InChI is InChI=1S/C21H33ClN4O3.2C2HF3O2/c1-14(2)19(24)21(29)26-17(12-15-8-4-3-5-9-15)20(28)25-16(18(27)13-22)10-6-7-11-23;2*3-2(4,5)1(6)7/h3-5,8-9,14,16-17,19H,6-7,10-13,23-24H2,1-2H3,(H,25,28)(H,26,29);2*(H,6,7)/t16-,17-,19+;;/m0../s1. The zero-order valence-electron chi connectivity index (χ0n) is 23.2. The van der Waals surface area contributed by atoms with Crippen LogP contribution in [0.25, 0.3) is 0 Å². The fourth-order valence-corrected chi connectivity index (χ4v) is 2.99. The van der Waals surface area contributed by atoms with Gasteiger partial charge in [-0.05, 0) is 37.3 Å². The number of halogens is 7. The number of aliphatic carboxylic acids is 2. The molecule has 0 aliphatic heterocycles. The van der Waals surface area contributed by atoms with Crippen molar-refractivity contribution in [3.8, 4) is 0 Å². The summed E-state index contributed by atoms with van der Waals surface area (Å²) in [5, 5.41) is 19.7. The van der Waals surface area contributed by atoms with E-state index < -0.39 is 54.2 Å². The van der Waals surface area contributed by atoms with Crippen LogP contribution >= 0.6 is 11.6 Å². The molecule has 0 radical (unpaired) electrons. The highest BCUT2D eigenvalue weighted by Gasteiger charge is 2.39. The van der Waals surface area contributed by atoms with Gasteiger partial charge in [-0.25, -0.2) is 9.59 Å². The molecule has 0 spiro atoms. The molecular weight excluding hydrogens is 618 g/mol. The van der Waals surface area contributed by atoms with Crippen LogP contribution in [0, 0.1) is 5.92 Å². The Balaban J connectivity index is 0. The van der Waals surface area contributed by atoms with Gasteiger partial charge in [-0.3, -0.25) is 14.4 Å². The summed E-state index contributed by atoms with van der Waals surface area (Å²) in [5.74, 6) is -6.88. The molecule has 1 rings (SSSR count). The molecule has 0 heterocycles. The van der Waals surface area contributed by atoms with E-state index in [4.69, 9.17) is 42.9 Å². The minimum Gasteiger partial charge on any atom is -0.475 e. The van der Waals surface area contributed by atoms with E-state index in [1.807, 2.05) is 44.2 Å². The average molecular weight is 653 g/mol. The Morgan fingerprint density at radius 3 is 1.65 bits per heavy atom. The Morgan fingerprint density at radius 2 is 1.28 bits per heavy atom. The number of carbonyl (C=O) groups is 5. The summed E-state index contributed by atoms with van der Waals surface area (Å²) in [6, 6.07) is 7.05. The molecule has 246 valence electrons. The monoisotopic (exact) mass is 652 g/mol. The molecule has 0 saturated heterocycles. The number of hydrogen-bond acceptors (Lipinski definition) is 7. The summed E-state index contributed by atoms with van der Waals surface area (Å²) in [7, 11) is 0. The number of alkyl halides is 7. The van der Waals surface area contributed by atoms with E-state index in [0.717, 1.165) is 12.0 Å². The Labute approximate surface area is 248 Å². The van der Waals surface area contributed by atoms with Crippen molar-refractivity contribution in [3.05, 3.63) is 35.9 Å². The van der Waals surface area contributed by atoms with Gasteiger partial charge in [0.05, 0.1) is 18.0 Å². The number of Topliss-reactive ketones (excluding diaryl/α,β-unsaturated/α-hetero) is 1. The molecule has 1 aromatic carbocycles. The highest BCUT2D eigenvalue weighted by Crippen LogP contribution is 2.14. The summed E-state index contributed by atoms with van der Waals surface area (Å²) in [6.07, 6.45) is -7.99. The van der Waals surface area contributed by atoms with Gasteiger partial charge < -0.3 is 32.3 Å². The number of unbranched alkanes of at least 4 members (excludes halogenated alkanes) is 1. The van der Waals surface area contributed by atoms with Crippen molar-refractivity contribution in [2.45, 2.75) is 70.0 Å². The van der Waals surface area contributed by atoms with Gasteiger partial charge in [-0.15, -0.1) is 11.6 Å². The number of amides is 2. The van der Waals surface area contributed by atoms with Crippen molar-refractivity contribution in [1.82, 2.24) is 10.6 Å². The molecule has 0 bridgehead atoms. The number of carboxylic acids is 2. The lowest BCUT2D eigenvalue weighted by Crippen LogP contribution is -2.56. The lowest BCUT2D eigenvalue weighted by Gasteiger charge is -2.24. The van der Waals surface area contributed by atoms with E-state index in [9.17, 15) is 40.7 Å². The molecule has 18 heteroatoms. The molecule has 1 aromatic rings. The number of benzene rings is 1. The van der Waals surface area contributed by atoms with Crippen LogP contribution in [-0.2, 0) is 30.4 Å². The van der Waals surface area contributed by atoms with Gasteiger partial charge in [0.1, 0.15) is 6.04 Å². The quantitative estimate of drug-likeness (QED) is 0.105. The van der Waals surface area contributed by atoms with E-state index in [1.54, 1.807) is 0 Å². The summed E-state index contributed by atoms with van der Waals surface area (Å²) in [5.41, 5.74) is 12.3. The van der Waals surface area contributed by atoms with Crippen LogP contribution < -0.4 is 22.1 Å². The maximum atomic E-state index is 13.0. The SMILES string of the molecule is CC(C)[C@@H](N)C(=O)N[C@@H](Cc1ccccc1)C(=O)N[C@@H](CCCCN)C(=O)CCl.O=C(O)C(F)(F)F.O=C(O)C(F)(F)F. The molecule has 0 unspecified atom stereocenters. The first kappa shape index (κ1) is 41.7. The smallest absolute Gasteiger partial charge is 0.475 e. The second-order valence-corrected chi connectivity index (χ2v) is 9.34. The van der Waals surface area contributed by atoms with Crippen molar-refractivity contribution in [2.24, 2.45) is 17.4 Å². The first-order valence-electron chi connectivity index (χ1n) is 12.5. The van der Waals surface area contributed by atoms with Gasteiger partial charge >= 0.3 is 24.3 Å². The molecule has 0 aliphatic carbocycles. The third-order valence-corrected chi connectivity index (χ3v) is 5.47. The number of rotatable bonds is 13. The molecule has 11 nitrogen and oxygen atoms in total. The number of nitrogens with one attached hydrogen (secondary N) is 2. The van der Waals surface area contributed by atoms with Crippen LogP contribution in [0.15, 0.2) is 30.3 Å². The minimum absolute atomic E-state index is 0.0720. The Bertz CT molecular complexity index is 1000. The van der Waals surface area contributed by atoms with Crippen LogP contribution in [0.2, 0.25) is 0 Å². The van der Waals surface area contributed by atoms with Gasteiger partial charge in [0.15, 0.2) is 5.78 Å². The second kappa shape index (κ2) is 20.5. The number of hydrogen-bond donors (Lipinski definition) is 6. The highest BCUT2D eigenvalue weighted by molar-refractivity contribution is 6.28. The van der Waals surface area contributed by atoms with E-state index in [0.29, 0.717) is 19.4 Å². The fourth-order valence-electron chi connectivity index (χ4n) is 2.80. The maximum Gasteiger partial charge on any atom is 0.490 e. The van der Waals surface area contributed by atoms with Gasteiger partial charge in [-0.1, -0.05) is 44.2 Å². The minimum atomic E-state index is -5.08. The van der Waals surface area contributed by atoms with E-state index in [1.165, 1.54) is 0 Å². The normalized spacial score (nSPS) is 13.2. The van der Waals surface area contributed by atoms with Gasteiger partial charge in [0, 0.05) is 6.42 Å². The zero-order valence-corrected chi connectivity index (χ0v) is 23.9. The third kappa shape index (κ3) is 19.4. The van der Waals surface area contributed by atoms with Crippen LogP contribution in [0.4, 0.5) is 26.3 Å². The maximum absolute atomic E-state index is 13.0. The second-order valence-electron chi connectivity index (χ2n) is 9.07. The number of ketones is 1. The lowest BCUT2D eigenvalue weighted by atomic mass is 10.0. The lowest BCUT2D eigenvalue weighted by molar-refractivity contribution is -0.193. The van der Waals surface area contributed by atoms with Crippen LogP contribution in [0.3, 0.4) is 0 Å². The predicted octanol–water partition coefficient (Wildman–Crippen LogP) is 2.39. The molecule has 0 saturated carbocycles. The van der Waals surface area contributed by atoms with Crippen LogP contribution in [0.5, 0.6) is 0 Å². The Kier molecular flexibility index (Phi) is 19.8. The molecule has 3 atom stereocenters. The molecule has 2 amide bonds. The van der Waals surface area contributed by atoms with Crippen molar-refractivity contribution in [2.75, 3.05) is 12.4 Å². The topological polar surface area (TPSA) is 202 Å². The summed E-state index contributed by atoms with van der Waals surface area (Å²) < 4.78 is 63.5. The average Bonchev–Trinajstić information content (AvgIpc) is 2.91. The first-order chi connectivity index (χ1) is 19.7. The van der Waals surface area contributed by atoms with Gasteiger partial charge in [-0.2, -0.15) is 26.3 Å². The number of nitrogens with two attached hydrogens (primary N) is 2. The van der Waals surface area contributed by atoms with E-state index in [-0.39, 0.29) is 24.0 Å². The summed E-state index contributed by atoms with van der Waals surface area (Å²) in [4.78, 5) is 55.4. The molecule has 0 aromatic heterocycles. The van der Waals surface area contributed by atoms with E-state index >= 15 is 0 Å². The van der Waals surface area contributed by atoms with Gasteiger partial charge in [0.2, 0.25) is 11.8 Å². The predicted molar refractivity (Wildman–Crippen MR) is 143 cm³/mol. The van der Waals surface area contributed by atoms with Crippen LogP contribution in [0.1, 0.15) is 38.7 Å². The summed E-state index contributed by atoms with van der Waals surface area (Å²) in [6.45, 7) is 4.18. The molecular formula is C25H35ClF6N4O7.